The number of amides is 4. The number of carbonyl (C=O) groups is 3. The van der Waals surface area contributed by atoms with Crippen LogP contribution in [0.3, 0.4) is 0 Å². The Balaban J connectivity index is 1.16. The summed E-state index contributed by atoms with van der Waals surface area (Å²) in [7, 11) is 0. The number of benzene rings is 1. The average molecular weight is 483 g/mol. The molecule has 0 bridgehead atoms. The van der Waals surface area contributed by atoms with E-state index in [-0.39, 0.29) is 29.8 Å². The first kappa shape index (κ1) is 25.5. The molecule has 0 spiro atoms. The molecule has 0 aromatic heterocycles. The number of urea groups is 1. The summed E-state index contributed by atoms with van der Waals surface area (Å²) in [6.45, 7) is 1.62. The van der Waals surface area contributed by atoms with Crippen LogP contribution >= 0.6 is 0 Å². The van der Waals surface area contributed by atoms with Crippen LogP contribution in [0.2, 0.25) is 0 Å². The van der Waals surface area contributed by atoms with Crippen molar-refractivity contribution in [1.82, 2.24) is 10.2 Å². The monoisotopic (exact) mass is 482 g/mol. The Bertz CT molecular complexity index is 834. The molecule has 1 aromatic carbocycles. The van der Waals surface area contributed by atoms with E-state index in [0.29, 0.717) is 12.3 Å². The summed E-state index contributed by atoms with van der Waals surface area (Å²) < 4.78 is 0. The van der Waals surface area contributed by atoms with E-state index in [4.69, 9.17) is 0 Å². The lowest BCUT2D eigenvalue weighted by molar-refractivity contribution is -0.123. The second kappa shape index (κ2) is 12.9. The summed E-state index contributed by atoms with van der Waals surface area (Å²) in [5.41, 5.74) is 1.48. The van der Waals surface area contributed by atoms with Crippen LogP contribution in [-0.2, 0) is 9.59 Å². The van der Waals surface area contributed by atoms with Crippen LogP contribution in [0.1, 0.15) is 89.9 Å². The Hall–Kier alpha value is -2.57. The minimum atomic E-state index is -0.0497. The maximum atomic E-state index is 12.8. The first-order chi connectivity index (χ1) is 17.1. The van der Waals surface area contributed by atoms with Crippen LogP contribution < -0.4 is 16.0 Å². The highest BCUT2D eigenvalue weighted by atomic mass is 16.2. The van der Waals surface area contributed by atoms with Gasteiger partial charge < -0.3 is 20.9 Å². The average Bonchev–Trinajstić information content (AvgIpc) is 3.16. The smallest absolute Gasteiger partial charge is 0.321 e. The van der Waals surface area contributed by atoms with Crippen molar-refractivity contribution in [3.05, 3.63) is 24.3 Å². The summed E-state index contributed by atoms with van der Waals surface area (Å²) >= 11 is 0. The number of anilines is 2. The molecule has 0 unspecified atom stereocenters. The molecule has 3 N–H and O–H groups in total. The first-order valence-electron chi connectivity index (χ1n) is 13.8. The molecule has 4 rings (SSSR count). The van der Waals surface area contributed by atoms with Gasteiger partial charge in [-0.2, -0.15) is 0 Å². The molecule has 35 heavy (non-hydrogen) atoms. The van der Waals surface area contributed by atoms with E-state index in [2.05, 4.69) is 16.0 Å². The summed E-state index contributed by atoms with van der Waals surface area (Å²) in [5, 5.41) is 9.21. The van der Waals surface area contributed by atoms with Crippen LogP contribution in [-0.4, -0.2) is 41.9 Å². The molecule has 2 aliphatic carbocycles. The normalized spacial score (nSPS) is 23.7. The van der Waals surface area contributed by atoms with Crippen LogP contribution in [0.4, 0.5) is 16.2 Å². The van der Waals surface area contributed by atoms with Gasteiger partial charge in [0.25, 0.3) is 0 Å². The van der Waals surface area contributed by atoms with Gasteiger partial charge in [0, 0.05) is 42.8 Å². The molecule has 7 heteroatoms. The SMILES string of the molecule is O=C(CC1CCCCC1)NC1CCC(C(=O)Nc2ccc(NC(=O)N3CCCCCC3)cc2)CC1. The lowest BCUT2D eigenvalue weighted by atomic mass is 9.84. The molecule has 192 valence electrons. The van der Waals surface area contributed by atoms with Crippen molar-refractivity contribution >= 4 is 29.2 Å². The highest BCUT2D eigenvalue weighted by Crippen LogP contribution is 2.28. The lowest BCUT2D eigenvalue weighted by Crippen LogP contribution is -2.40. The molecule has 3 aliphatic rings. The van der Waals surface area contributed by atoms with E-state index in [1.807, 2.05) is 29.2 Å². The summed E-state index contributed by atoms with van der Waals surface area (Å²) in [5.74, 6) is 0.759. The lowest BCUT2D eigenvalue weighted by Gasteiger charge is -2.29. The molecule has 2 saturated carbocycles. The van der Waals surface area contributed by atoms with Gasteiger partial charge in [0.15, 0.2) is 0 Å². The Labute approximate surface area is 209 Å². The largest absolute Gasteiger partial charge is 0.353 e. The Morgan fingerprint density at radius 1 is 0.714 bits per heavy atom. The van der Waals surface area contributed by atoms with E-state index in [0.717, 1.165) is 63.0 Å². The molecule has 4 amide bonds. The third-order valence-corrected chi connectivity index (χ3v) is 7.96. The molecular formula is C28H42N4O3. The van der Waals surface area contributed by atoms with Crippen molar-refractivity contribution in [2.24, 2.45) is 11.8 Å². The molecule has 7 nitrogen and oxygen atoms in total. The van der Waals surface area contributed by atoms with Gasteiger partial charge in [-0.1, -0.05) is 32.1 Å². The molecular weight excluding hydrogens is 440 g/mol. The molecule has 0 radical (unpaired) electrons. The molecule has 1 aliphatic heterocycles. The highest BCUT2D eigenvalue weighted by molar-refractivity contribution is 5.93. The predicted octanol–water partition coefficient (Wildman–Crippen LogP) is 5.68. The summed E-state index contributed by atoms with van der Waals surface area (Å²) in [4.78, 5) is 39.6. The molecule has 3 fully saturated rings. The van der Waals surface area contributed by atoms with Gasteiger partial charge in [-0.25, -0.2) is 4.79 Å². The zero-order valence-electron chi connectivity index (χ0n) is 21.0. The van der Waals surface area contributed by atoms with Crippen LogP contribution in [0, 0.1) is 11.8 Å². The van der Waals surface area contributed by atoms with E-state index in [1.54, 1.807) is 0 Å². The van der Waals surface area contributed by atoms with Crippen molar-refractivity contribution in [3.63, 3.8) is 0 Å². The second-order valence-electron chi connectivity index (χ2n) is 10.7. The van der Waals surface area contributed by atoms with Crippen molar-refractivity contribution in [2.45, 2.75) is 95.9 Å². The van der Waals surface area contributed by atoms with Crippen molar-refractivity contribution < 1.29 is 14.4 Å². The zero-order valence-corrected chi connectivity index (χ0v) is 21.0. The fourth-order valence-corrected chi connectivity index (χ4v) is 5.80. The van der Waals surface area contributed by atoms with Crippen molar-refractivity contribution in [1.29, 1.82) is 0 Å². The van der Waals surface area contributed by atoms with Crippen molar-refractivity contribution in [2.75, 3.05) is 23.7 Å². The van der Waals surface area contributed by atoms with E-state index >= 15 is 0 Å². The third kappa shape index (κ3) is 7.97. The molecule has 0 atom stereocenters. The second-order valence-corrected chi connectivity index (χ2v) is 10.7. The third-order valence-electron chi connectivity index (χ3n) is 7.96. The van der Waals surface area contributed by atoms with Crippen molar-refractivity contribution in [3.8, 4) is 0 Å². The van der Waals surface area contributed by atoms with Crippen LogP contribution in [0.5, 0.6) is 0 Å². The fourth-order valence-electron chi connectivity index (χ4n) is 5.80. The molecule has 1 aromatic rings. The number of hydrogen-bond acceptors (Lipinski definition) is 3. The predicted molar refractivity (Wildman–Crippen MR) is 139 cm³/mol. The van der Waals surface area contributed by atoms with Gasteiger partial charge >= 0.3 is 6.03 Å². The Kier molecular flexibility index (Phi) is 9.43. The Morgan fingerprint density at radius 2 is 1.29 bits per heavy atom. The minimum Gasteiger partial charge on any atom is -0.353 e. The molecule has 1 saturated heterocycles. The van der Waals surface area contributed by atoms with Gasteiger partial charge in [-0.05, 0) is 81.5 Å². The van der Waals surface area contributed by atoms with Gasteiger partial charge in [-0.15, -0.1) is 0 Å². The van der Waals surface area contributed by atoms with Crippen LogP contribution in [0.15, 0.2) is 24.3 Å². The fraction of sp³-hybridized carbons (Fsp3) is 0.679. The van der Waals surface area contributed by atoms with Crippen LogP contribution in [0.25, 0.3) is 0 Å². The standard InChI is InChI=1S/C28H42N4O3/c33-26(20-21-8-4-3-5-9-21)29-23-12-10-22(11-13-23)27(34)30-24-14-16-25(17-15-24)31-28(35)32-18-6-1-2-7-19-32/h14-17,21-23H,1-13,18-20H2,(H,29,33)(H,30,34)(H,31,35). The topological polar surface area (TPSA) is 90.5 Å². The minimum absolute atomic E-state index is 0.0242. The van der Waals surface area contributed by atoms with Gasteiger partial charge in [0.2, 0.25) is 11.8 Å². The van der Waals surface area contributed by atoms with Gasteiger partial charge in [0.1, 0.15) is 0 Å². The van der Waals surface area contributed by atoms with E-state index < -0.39 is 0 Å². The first-order valence-corrected chi connectivity index (χ1v) is 13.8. The highest BCUT2D eigenvalue weighted by Gasteiger charge is 2.28. The number of carbonyl (C=O) groups excluding carboxylic acids is 3. The maximum Gasteiger partial charge on any atom is 0.321 e. The quantitative estimate of drug-likeness (QED) is 0.487. The Morgan fingerprint density at radius 3 is 1.91 bits per heavy atom. The molecule has 1 heterocycles. The number of hydrogen-bond donors (Lipinski definition) is 3. The van der Waals surface area contributed by atoms with E-state index in [1.165, 1.54) is 44.9 Å². The zero-order chi connectivity index (χ0) is 24.5. The summed E-state index contributed by atoms with van der Waals surface area (Å²) in [6.07, 6.45) is 14.7. The van der Waals surface area contributed by atoms with Gasteiger partial charge in [0.05, 0.1) is 0 Å². The number of likely N-dealkylation sites (tertiary alicyclic amines) is 1. The summed E-state index contributed by atoms with van der Waals surface area (Å²) in [6, 6.07) is 7.50. The number of nitrogens with zero attached hydrogens (tertiary/aromatic N) is 1. The maximum absolute atomic E-state index is 12.8. The number of nitrogens with one attached hydrogen (secondary N) is 3. The van der Waals surface area contributed by atoms with Gasteiger partial charge in [-0.3, -0.25) is 9.59 Å². The number of rotatable bonds is 6. The van der Waals surface area contributed by atoms with E-state index in [9.17, 15) is 14.4 Å².